The monoisotopic (exact) mass is 485 g/mol. The molecule has 7 nitrogen and oxygen atoms in total. The van der Waals surface area contributed by atoms with E-state index in [0.29, 0.717) is 17.8 Å². The molecule has 186 valence electrons. The van der Waals surface area contributed by atoms with E-state index in [1.165, 1.54) is 12.1 Å². The number of carbonyl (C=O) groups is 3. The summed E-state index contributed by atoms with van der Waals surface area (Å²) in [5.41, 5.74) is 8.69. The molecule has 1 heterocycles. The highest BCUT2D eigenvalue weighted by atomic mass is 16.4. The highest BCUT2D eigenvalue weighted by Crippen LogP contribution is 2.34. The Hall–Kier alpha value is -3.97. The molecule has 2 atom stereocenters. The van der Waals surface area contributed by atoms with Gasteiger partial charge in [0, 0.05) is 29.3 Å². The summed E-state index contributed by atoms with van der Waals surface area (Å²) in [6.45, 7) is 4.27. The first-order valence-electron chi connectivity index (χ1n) is 12.0. The maximum atomic E-state index is 13.7. The minimum atomic E-state index is -1.04. The van der Waals surface area contributed by atoms with Crippen molar-refractivity contribution < 1.29 is 19.5 Å². The lowest BCUT2D eigenvalue weighted by Gasteiger charge is -2.40. The molecule has 4 rings (SSSR count). The smallest absolute Gasteiger partial charge is 0.335 e. The number of benzene rings is 3. The Labute approximate surface area is 210 Å². The Balaban J connectivity index is 1.65. The average molecular weight is 486 g/mol. The van der Waals surface area contributed by atoms with Crippen LogP contribution in [0.15, 0.2) is 78.9 Å². The van der Waals surface area contributed by atoms with E-state index in [2.05, 4.69) is 5.32 Å². The van der Waals surface area contributed by atoms with Gasteiger partial charge in [0.25, 0.3) is 5.91 Å². The number of piperidine rings is 1. The van der Waals surface area contributed by atoms with E-state index in [4.69, 9.17) is 10.8 Å². The molecule has 0 radical (unpaired) electrons. The number of hydrogen-bond acceptors (Lipinski definition) is 4. The second-order valence-electron chi connectivity index (χ2n) is 9.77. The van der Waals surface area contributed by atoms with E-state index in [0.717, 1.165) is 24.0 Å². The molecule has 0 aliphatic carbocycles. The van der Waals surface area contributed by atoms with Crippen LogP contribution in [0.3, 0.4) is 0 Å². The Morgan fingerprint density at radius 3 is 2.11 bits per heavy atom. The number of amides is 2. The summed E-state index contributed by atoms with van der Waals surface area (Å²) in [5, 5.41) is 12.0. The van der Waals surface area contributed by atoms with Gasteiger partial charge < -0.3 is 21.1 Å². The van der Waals surface area contributed by atoms with Crippen LogP contribution >= 0.6 is 0 Å². The number of hydrogen-bond donors (Lipinski definition) is 3. The van der Waals surface area contributed by atoms with Crippen LogP contribution in [0.1, 0.15) is 64.4 Å². The number of likely N-dealkylation sites (tertiary alicyclic amines) is 1. The second-order valence-corrected chi connectivity index (χ2v) is 9.77. The average Bonchev–Trinajstić information content (AvgIpc) is 2.88. The molecule has 1 aliphatic rings. The zero-order valence-corrected chi connectivity index (χ0v) is 20.5. The number of nitrogens with one attached hydrogen (secondary N) is 1. The molecule has 1 aliphatic heterocycles. The number of nitrogens with two attached hydrogens (primary N) is 1. The van der Waals surface area contributed by atoms with Crippen molar-refractivity contribution in [2.24, 2.45) is 5.73 Å². The van der Waals surface area contributed by atoms with Crippen LogP contribution in [-0.2, 0) is 10.3 Å². The van der Waals surface area contributed by atoms with Gasteiger partial charge in [0.05, 0.1) is 5.56 Å². The zero-order chi connectivity index (χ0) is 25.9. The van der Waals surface area contributed by atoms with Crippen LogP contribution in [0, 0.1) is 0 Å². The van der Waals surface area contributed by atoms with E-state index >= 15 is 0 Å². The third-order valence-corrected chi connectivity index (χ3v) is 6.66. The standard InChI is InChI=1S/C29H31N3O4/c1-29(2,30)22-14-10-20(11-15-22)27(34)32-18-6-9-24(19-7-4-3-5-8-19)25(32)26(33)31-23-16-12-21(13-17-23)28(35)36/h3-5,7-8,10-17,24-25H,6,9,18,30H2,1-2H3,(H,31,33)(H,35,36). The fourth-order valence-electron chi connectivity index (χ4n) is 4.72. The van der Waals surface area contributed by atoms with Crippen molar-refractivity contribution in [1.29, 1.82) is 0 Å². The summed E-state index contributed by atoms with van der Waals surface area (Å²) in [6.07, 6.45) is 1.54. The van der Waals surface area contributed by atoms with Crippen LogP contribution in [0.25, 0.3) is 0 Å². The largest absolute Gasteiger partial charge is 0.478 e. The predicted molar refractivity (Wildman–Crippen MR) is 139 cm³/mol. The molecule has 4 N–H and O–H groups in total. The van der Waals surface area contributed by atoms with Gasteiger partial charge in [0.2, 0.25) is 5.91 Å². The molecule has 2 amide bonds. The first-order chi connectivity index (χ1) is 17.1. The zero-order valence-electron chi connectivity index (χ0n) is 20.5. The summed E-state index contributed by atoms with van der Waals surface area (Å²) in [7, 11) is 0. The lowest BCUT2D eigenvalue weighted by molar-refractivity contribution is -0.122. The number of nitrogens with zero attached hydrogens (tertiary/aromatic N) is 1. The molecular formula is C29H31N3O4. The molecule has 1 fully saturated rings. The van der Waals surface area contributed by atoms with Crippen molar-refractivity contribution in [3.63, 3.8) is 0 Å². The number of carbonyl (C=O) groups excluding carboxylic acids is 2. The molecule has 3 aromatic carbocycles. The Bertz CT molecular complexity index is 1230. The molecular weight excluding hydrogens is 454 g/mol. The minimum Gasteiger partial charge on any atom is -0.478 e. The number of carboxylic acids is 1. The van der Waals surface area contributed by atoms with Gasteiger partial charge in [-0.2, -0.15) is 0 Å². The van der Waals surface area contributed by atoms with E-state index in [1.54, 1.807) is 29.2 Å². The topological polar surface area (TPSA) is 113 Å². The molecule has 36 heavy (non-hydrogen) atoms. The third-order valence-electron chi connectivity index (χ3n) is 6.66. The van der Waals surface area contributed by atoms with Crippen LogP contribution < -0.4 is 11.1 Å². The normalized spacial score (nSPS) is 17.9. The quantitative estimate of drug-likeness (QED) is 0.472. The lowest BCUT2D eigenvalue weighted by atomic mass is 9.82. The third kappa shape index (κ3) is 5.47. The molecule has 0 saturated carbocycles. The van der Waals surface area contributed by atoms with Crippen molar-refractivity contribution in [2.75, 3.05) is 11.9 Å². The molecule has 2 unspecified atom stereocenters. The van der Waals surface area contributed by atoms with Crippen LogP contribution in [-0.4, -0.2) is 40.4 Å². The van der Waals surface area contributed by atoms with E-state index in [1.807, 2.05) is 56.3 Å². The summed E-state index contributed by atoms with van der Waals surface area (Å²) in [5.74, 6) is -1.73. The van der Waals surface area contributed by atoms with Gasteiger partial charge in [0.1, 0.15) is 6.04 Å². The van der Waals surface area contributed by atoms with Gasteiger partial charge in [-0.25, -0.2) is 4.79 Å². The van der Waals surface area contributed by atoms with E-state index in [-0.39, 0.29) is 23.3 Å². The number of aromatic carboxylic acids is 1. The van der Waals surface area contributed by atoms with Crippen LogP contribution in [0.5, 0.6) is 0 Å². The lowest BCUT2D eigenvalue weighted by Crippen LogP contribution is -2.53. The number of anilines is 1. The van der Waals surface area contributed by atoms with E-state index < -0.39 is 17.6 Å². The first-order valence-corrected chi connectivity index (χ1v) is 12.0. The van der Waals surface area contributed by atoms with Crippen molar-refractivity contribution in [3.05, 3.63) is 101 Å². The molecule has 3 aromatic rings. The molecule has 7 heteroatoms. The van der Waals surface area contributed by atoms with Gasteiger partial charge in [-0.3, -0.25) is 9.59 Å². The number of rotatable bonds is 6. The maximum Gasteiger partial charge on any atom is 0.335 e. The van der Waals surface area contributed by atoms with E-state index in [9.17, 15) is 14.4 Å². The number of carboxylic acid groups (broad SMARTS) is 1. The molecule has 0 aromatic heterocycles. The first kappa shape index (κ1) is 25.1. The highest BCUT2D eigenvalue weighted by molar-refractivity contribution is 6.02. The Kier molecular flexibility index (Phi) is 7.22. The summed E-state index contributed by atoms with van der Waals surface area (Å²) < 4.78 is 0. The summed E-state index contributed by atoms with van der Waals surface area (Å²) in [6, 6.07) is 22.3. The maximum absolute atomic E-state index is 13.7. The van der Waals surface area contributed by atoms with Crippen molar-refractivity contribution >= 4 is 23.5 Å². The van der Waals surface area contributed by atoms with Crippen LogP contribution in [0.2, 0.25) is 0 Å². The van der Waals surface area contributed by atoms with Gasteiger partial charge in [-0.15, -0.1) is 0 Å². The Morgan fingerprint density at radius 2 is 1.53 bits per heavy atom. The second kappa shape index (κ2) is 10.3. The Morgan fingerprint density at radius 1 is 0.917 bits per heavy atom. The minimum absolute atomic E-state index is 0.133. The van der Waals surface area contributed by atoms with Gasteiger partial charge in [0.15, 0.2) is 0 Å². The molecule has 0 spiro atoms. The summed E-state index contributed by atoms with van der Waals surface area (Å²) in [4.78, 5) is 40.2. The highest BCUT2D eigenvalue weighted by Gasteiger charge is 2.40. The SMILES string of the molecule is CC(C)(N)c1ccc(C(=O)N2CCCC(c3ccccc3)C2C(=O)Nc2ccc(C(=O)O)cc2)cc1. The molecule has 0 bridgehead atoms. The summed E-state index contributed by atoms with van der Waals surface area (Å²) >= 11 is 0. The van der Waals surface area contributed by atoms with Crippen molar-refractivity contribution in [1.82, 2.24) is 4.90 Å². The van der Waals surface area contributed by atoms with Crippen molar-refractivity contribution in [2.45, 2.75) is 44.2 Å². The fraction of sp³-hybridized carbons (Fsp3) is 0.276. The predicted octanol–water partition coefficient (Wildman–Crippen LogP) is 4.61. The molecule has 1 saturated heterocycles. The van der Waals surface area contributed by atoms with Gasteiger partial charge >= 0.3 is 5.97 Å². The fourth-order valence-corrected chi connectivity index (χ4v) is 4.72. The van der Waals surface area contributed by atoms with Crippen molar-refractivity contribution in [3.8, 4) is 0 Å². The van der Waals surface area contributed by atoms with Gasteiger partial charge in [-0.05, 0) is 74.2 Å². The van der Waals surface area contributed by atoms with Crippen LogP contribution in [0.4, 0.5) is 5.69 Å². The van der Waals surface area contributed by atoms with Gasteiger partial charge in [-0.1, -0.05) is 42.5 Å².